The Balaban J connectivity index is 2.03. The van der Waals surface area contributed by atoms with Crippen molar-refractivity contribution in [2.75, 3.05) is 14.1 Å². The van der Waals surface area contributed by atoms with Crippen LogP contribution < -0.4 is 5.56 Å². The molecule has 2 aromatic heterocycles. The zero-order valence-corrected chi connectivity index (χ0v) is 16.7. The van der Waals surface area contributed by atoms with Gasteiger partial charge in [0.25, 0.3) is 11.5 Å². The molecule has 1 amide bonds. The second kappa shape index (κ2) is 7.01. The predicted octanol–water partition coefficient (Wildman–Crippen LogP) is 2.70. The lowest BCUT2D eigenvalue weighted by Gasteiger charge is -2.14. The fourth-order valence-corrected chi connectivity index (χ4v) is 3.52. The van der Waals surface area contributed by atoms with Crippen LogP contribution in [-0.2, 0) is 14.1 Å². The first kappa shape index (κ1) is 18.6. The van der Waals surface area contributed by atoms with E-state index in [0.29, 0.717) is 16.7 Å². The first-order chi connectivity index (χ1) is 13.9. The summed E-state index contributed by atoms with van der Waals surface area (Å²) in [5.74, 6) is -0.151. The minimum atomic E-state index is -0.166. The molecule has 2 aromatic carbocycles. The third kappa shape index (κ3) is 3.00. The predicted molar refractivity (Wildman–Crippen MR) is 113 cm³/mol. The zero-order chi connectivity index (χ0) is 20.7. The molecule has 0 aliphatic carbocycles. The molecule has 0 saturated carbocycles. The molecule has 0 aliphatic rings. The van der Waals surface area contributed by atoms with Gasteiger partial charge in [-0.25, -0.2) is 0 Å². The lowest BCUT2D eigenvalue weighted by molar-refractivity contribution is 0.0828. The zero-order valence-electron chi connectivity index (χ0n) is 16.7. The van der Waals surface area contributed by atoms with Crippen molar-refractivity contribution in [3.8, 4) is 22.4 Å². The molecular weight excluding hydrogens is 366 g/mol. The molecular formula is C22H21N5O2. The van der Waals surface area contributed by atoms with Gasteiger partial charge in [-0.1, -0.05) is 24.3 Å². The Bertz CT molecular complexity index is 1300. The maximum atomic E-state index is 13.2. The highest BCUT2D eigenvalue weighted by Crippen LogP contribution is 2.33. The van der Waals surface area contributed by atoms with Crippen molar-refractivity contribution in [1.82, 2.24) is 24.2 Å². The molecule has 4 rings (SSSR count). The molecule has 0 fully saturated rings. The molecule has 0 saturated heterocycles. The van der Waals surface area contributed by atoms with E-state index in [-0.39, 0.29) is 11.5 Å². The molecule has 4 aromatic rings. The minimum Gasteiger partial charge on any atom is -0.345 e. The monoisotopic (exact) mass is 387 g/mol. The Morgan fingerprint density at radius 2 is 1.62 bits per heavy atom. The quantitative estimate of drug-likeness (QED) is 0.542. The van der Waals surface area contributed by atoms with E-state index < -0.39 is 0 Å². The fourth-order valence-electron chi connectivity index (χ4n) is 3.52. The number of hydrogen-bond acceptors (Lipinski definition) is 4. The molecule has 2 heterocycles. The fraction of sp³-hybridized carbons (Fsp3) is 0.182. The molecule has 0 N–H and O–H groups in total. The van der Waals surface area contributed by atoms with Gasteiger partial charge >= 0.3 is 0 Å². The largest absolute Gasteiger partial charge is 0.345 e. The minimum absolute atomic E-state index is 0.151. The second-order valence-corrected chi connectivity index (χ2v) is 7.08. The van der Waals surface area contributed by atoms with Crippen LogP contribution in [0.4, 0.5) is 0 Å². The van der Waals surface area contributed by atoms with Gasteiger partial charge in [0.1, 0.15) is 0 Å². The van der Waals surface area contributed by atoms with Crippen molar-refractivity contribution in [1.29, 1.82) is 0 Å². The van der Waals surface area contributed by atoms with Crippen LogP contribution in [0, 0.1) is 0 Å². The van der Waals surface area contributed by atoms with Gasteiger partial charge in [-0.15, -0.1) is 0 Å². The smallest absolute Gasteiger partial charge is 0.274 e. The van der Waals surface area contributed by atoms with Gasteiger partial charge in [0.05, 0.1) is 22.3 Å². The summed E-state index contributed by atoms with van der Waals surface area (Å²) >= 11 is 0. The Morgan fingerprint density at radius 1 is 0.931 bits per heavy atom. The number of hydrogen-bond donors (Lipinski definition) is 0. The van der Waals surface area contributed by atoms with Crippen molar-refractivity contribution in [3.05, 3.63) is 70.8 Å². The third-order valence-electron chi connectivity index (χ3n) is 5.09. The van der Waals surface area contributed by atoms with Crippen molar-refractivity contribution in [3.63, 3.8) is 0 Å². The molecule has 0 unspecified atom stereocenters. The summed E-state index contributed by atoms with van der Waals surface area (Å²) < 4.78 is 3.34. The van der Waals surface area contributed by atoms with Crippen molar-refractivity contribution in [2.45, 2.75) is 0 Å². The summed E-state index contributed by atoms with van der Waals surface area (Å²) in [6, 6.07) is 12.9. The maximum Gasteiger partial charge on any atom is 0.274 e. The lowest BCUT2D eigenvalue weighted by Crippen LogP contribution is -2.23. The van der Waals surface area contributed by atoms with Crippen LogP contribution in [0.2, 0.25) is 0 Å². The van der Waals surface area contributed by atoms with Gasteiger partial charge in [0.15, 0.2) is 0 Å². The number of carbonyl (C=O) groups excluding carboxylic acids is 1. The topological polar surface area (TPSA) is 73.0 Å². The van der Waals surface area contributed by atoms with E-state index in [1.807, 2.05) is 37.4 Å². The summed E-state index contributed by atoms with van der Waals surface area (Å²) in [6.45, 7) is 0. The standard InChI is InChI=1S/C22H21N5O2/c1-25(2)21(28)16-8-6-5-7-15(16)19-20(26(3)27(4)22(19)29)14-9-10-17-18(13-14)24-12-11-23-17/h5-13H,1-4H3. The number of aromatic nitrogens is 4. The molecule has 0 bridgehead atoms. The Kier molecular flexibility index (Phi) is 4.50. The Morgan fingerprint density at radius 3 is 2.34 bits per heavy atom. The van der Waals surface area contributed by atoms with Gasteiger partial charge in [-0.3, -0.25) is 28.9 Å². The van der Waals surface area contributed by atoms with Crippen molar-refractivity contribution >= 4 is 16.9 Å². The van der Waals surface area contributed by atoms with Gasteiger partial charge in [0, 0.05) is 57.3 Å². The highest BCUT2D eigenvalue weighted by molar-refractivity contribution is 6.02. The van der Waals surface area contributed by atoms with Crippen LogP contribution in [0.1, 0.15) is 10.4 Å². The molecule has 0 atom stereocenters. The van der Waals surface area contributed by atoms with E-state index in [0.717, 1.165) is 22.3 Å². The number of rotatable bonds is 3. The molecule has 29 heavy (non-hydrogen) atoms. The van der Waals surface area contributed by atoms with E-state index in [1.165, 1.54) is 4.90 Å². The molecule has 7 heteroatoms. The van der Waals surface area contributed by atoms with E-state index in [9.17, 15) is 9.59 Å². The Labute approximate surface area is 167 Å². The van der Waals surface area contributed by atoms with Crippen LogP contribution in [-0.4, -0.2) is 44.2 Å². The average Bonchev–Trinajstić information content (AvgIpc) is 2.96. The van der Waals surface area contributed by atoms with Crippen LogP contribution >= 0.6 is 0 Å². The average molecular weight is 387 g/mol. The number of fused-ring (bicyclic) bond motifs is 1. The lowest BCUT2D eigenvalue weighted by atomic mass is 9.96. The SMILES string of the molecule is CN(C)C(=O)c1ccccc1-c1c(-c2ccc3nccnc3c2)n(C)n(C)c1=O. The normalized spacial score (nSPS) is 11.0. The number of amides is 1. The summed E-state index contributed by atoms with van der Waals surface area (Å²) in [5, 5.41) is 0. The van der Waals surface area contributed by atoms with E-state index in [1.54, 1.807) is 55.0 Å². The summed E-state index contributed by atoms with van der Waals surface area (Å²) in [7, 11) is 6.94. The highest BCUT2D eigenvalue weighted by atomic mass is 16.2. The first-order valence-electron chi connectivity index (χ1n) is 9.18. The van der Waals surface area contributed by atoms with E-state index in [2.05, 4.69) is 9.97 Å². The molecule has 7 nitrogen and oxygen atoms in total. The summed E-state index contributed by atoms with van der Waals surface area (Å²) in [4.78, 5) is 36.1. The van der Waals surface area contributed by atoms with Crippen LogP contribution in [0.15, 0.2) is 59.7 Å². The highest BCUT2D eigenvalue weighted by Gasteiger charge is 2.24. The van der Waals surface area contributed by atoms with Crippen LogP contribution in [0.3, 0.4) is 0 Å². The second-order valence-electron chi connectivity index (χ2n) is 7.08. The number of benzene rings is 2. The Hall–Kier alpha value is -3.74. The summed E-state index contributed by atoms with van der Waals surface area (Å²) in [5.41, 5.74) is 4.50. The van der Waals surface area contributed by atoms with Crippen molar-refractivity contribution < 1.29 is 4.79 Å². The van der Waals surface area contributed by atoms with Gasteiger partial charge in [0.2, 0.25) is 0 Å². The van der Waals surface area contributed by atoms with Gasteiger partial charge in [-0.2, -0.15) is 0 Å². The summed E-state index contributed by atoms with van der Waals surface area (Å²) in [6.07, 6.45) is 3.29. The number of carbonyl (C=O) groups is 1. The van der Waals surface area contributed by atoms with Gasteiger partial charge in [-0.05, 0) is 18.2 Å². The number of nitrogens with zero attached hydrogens (tertiary/aromatic N) is 5. The molecule has 146 valence electrons. The van der Waals surface area contributed by atoms with Crippen LogP contribution in [0.5, 0.6) is 0 Å². The van der Waals surface area contributed by atoms with E-state index in [4.69, 9.17) is 0 Å². The molecule has 0 spiro atoms. The van der Waals surface area contributed by atoms with Crippen molar-refractivity contribution in [2.24, 2.45) is 14.1 Å². The maximum absolute atomic E-state index is 13.2. The van der Waals surface area contributed by atoms with Crippen LogP contribution in [0.25, 0.3) is 33.4 Å². The van der Waals surface area contributed by atoms with E-state index >= 15 is 0 Å². The first-order valence-corrected chi connectivity index (χ1v) is 9.18. The third-order valence-corrected chi connectivity index (χ3v) is 5.09. The molecule has 0 aliphatic heterocycles. The van der Waals surface area contributed by atoms with Gasteiger partial charge < -0.3 is 4.90 Å². The molecule has 0 radical (unpaired) electrons.